The summed E-state index contributed by atoms with van der Waals surface area (Å²) in [5.41, 5.74) is 1.40. The number of piperidine rings is 1. The zero-order valence-electron chi connectivity index (χ0n) is 15.8. The van der Waals surface area contributed by atoms with Crippen molar-refractivity contribution >= 4 is 16.9 Å². The second kappa shape index (κ2) is 6.85. The smallest absolute Gasteiger partial charge is 0.217 e. The van der Waals surface area contributed by atoms with Crippen molar-refractivity contribution in [2.24, 2.45) is 0 Å². The highest BCUT2D eigenvalue weighted by Crippen LogP contribution is 2.40. The normalized spacial score (nSPS) is 28.5. The van der Waals surface area contributed by atoms with E-state index >= 15 is 0 Å². The predicted molar refractivity (Wildman–Crippen MR) is 97.8 cm³/mol. The number of rotatable bonds is 3. The molecular formula is C19H26N4O4. The molecule has 2 aliphatic rings. The number of ether oxygens (including phenoxy) is 1. The Hall–Kier alpha value is -2.03. The number of nitrogens with one attached hydrogen (secondary N) is 1. The maximum absolute atomic E-state index is 11.4. The molecule has 2 atom stereocenters. The summed E-state index contributed by atoms with van der Waals surface area (Å²) in [7, 11) is 0. The fourth-order valence-electron chi connectivity index (χ4n) is 4.38. The van der Waals surface area contributed by atoms with Crippen LogP contribution in [0.1, 0.15) is 38.7 Å². The first kappa shape index (κ1) is 18.3. The standard InChI is InChI=1S/C19H26N4O4/c1-13(24)20-16-11-26-19(12-18(16,2)25)6-8-23(9-7-19)10-14-4-3-5-15-17(14)22-27-21-15/h3-5,16,25H,6-12H2,1-2H3,(H,20,24)/t16-,18-/m0/s1. The quantitative estimate of drug-likeness (QED) is 0.833. The van der Waals surface area contributed by atoms with Crippen LogP contribution in [0.25, 0.3) is 11.0 Å². The molecule has 1 aromatic heterocycles. The van der Waals surface area contributed by atoms with Gasteiger partial charge in [-0.05, 0) is 41.7 Å². The molecule has 8 nitrogen and oxygen atoms in total. The molecule has 0 unspecified atom stereocenters. The highest BCUT2D eigenvalue weighted by Gasteiger charge is 2.49. The SMILES string of the molecule is CC(=O)N[C@H]1COC2(CCN(Cc3cccc4nonc34)CC2)C[C@]1(C)O. The van der Waals surface area contributed by atoms with Crippen molar-refractivity contribution in [2.75, 3.05) is 19.7 Å². The second-order valence-electron chi connectivity index (χ2n) is 8.11. The lowest BCUT2D eigenvalue weighted by Gasteiger charge is -2.51. The first-order valence-corrected chi connectivity index (χ1v) is 9.43. The lowest BCUT2D eigenvalue weighted by atomic mass is 9.75. The van der Waals surface area contributed by atoms with Gasteiger partial charge in [0.15, 0.2) is 0 Å². The van der Waals surface area contributed by atoms with Gasteiger partial charge in [-0.2, -0.15) is 0 Å². The van der Waals surface area contributed by atoms with Crippen molar-refractivity contribution in [2.45, 2.75) is 56.9 Å². The summed E-state index contributed by atoms with van der Waals surface area (Å²) in [4.78, 5) is 13.7. The Balaban J connectivity index is 1.39. The van der Waals surface area contributed by atoms with E-state index in [-0.39, 0.29) is 17.6 Å². The molecule has 8 heteroatoms. The summed E-state index contributed by atoms with van der Waals surface area (Å²) in [5.74, 6) is -0.147. The fraction of sp³-hybridized carbons (Fsp3) is 0.632. The van der Waals surface area contributed by atoms with E-state index < -0.39 is 5.60 Å². The molecule has 4 rings (SSSR count). The van der Waals surface area contributed by atoms with E-state index in [1.165, 1.54) is 6.92 Å². The summed E-state index contributed by atoms with van der Waals surface area (Å²) < 4.78 is 11.0. The van der Waals surface area contributed by atoms with Crippen molar-refractivity contribution in [1.82, 2.24) is 20.5 Å². The highest BCUT2D eigenvalue weighted by molar-refractivity contribution is 5.76. The summed E-state index contributed by atoms with van der Waals surface area (Å²) in [6.07, 6.45) is 2.23. The molecule has 2 N–H and O–H groups in total. The zero-order chi connectivity index (χ0) is 19.1. The number of carbonyl (C=O) groups is 1. The first-order chi connectivity index (χ1) is 12.9. The van der Waals surface area contributed by atoms with Gasteiger partial charge in [-0.15, -0.1) is 0 Å². The molecule has 2 aliphatic heterocycles. The Morgan fingerprint density at radius 3 is 2.85 bits per heavy atom. The van der Waals surface area contributed by atoms with Crippen LogP contribution in [0, 0.1) is 0 Å². The van der Waals surface area contributed by atoms with Gasteiger partial charge in [0.05, 0.1) is 23.9 Å². The fourth-order valence-corrected chi connectivity index (χ4v) is 4.38. The lowest BCUT2D eigenvalue weighted by molar-refractivity contribution is -0.189. The summed E-state index contributed by atoms with van der Waals surface area (Å²) in [6.45, 7) is 6.14. The van der Waals surface area contributed by atoms with Crippen molar-refractivity contribution < 1.29 is 19.3 Å². The first-order valence-electron chi connectivity index (χ1n) is 9.43. The highest BCUT2D eigenvalue weighted by atomic mass is 16.6. The van der Waals surface area contributed by atoms with Crippen LogP contribution in [0.3, 0.4) is 0 Å². The Bertz CT molecular complexity index is 826. The topological polar surface area (TPSA) is 101 Å². The van der Waals surface area contributed by atoms with Crippen molar-refractivity contribution in [3.8, 4) is 0 Å². The van der Waals surface area contributed by atoms with Crippen LogP contribution < -0.4 is 5.32 Å². The van der Waals surface area contributed by atoms with Crippen molar-refractivity contribution in [3.63, 3.8) is 0 Å². The van der Waals surface area contributed by atoms with Crippen molar-refractivity contribution in [1.29, 1.82) is 0 Å². The van der Waals surface area contributed by atoms with E-state index in [1.54, 1.807) is 6.92 Å². The monoisotopic (exact) mass is 374 g/mol. The molecular weight excluding hydrogens is 348 g/mol. The third-order valence-electron chi connectivity index (χ3n) is 5.90. The molecule has 2 fully saturated rings. The van der Waals surface area contributed by atoms with E-state index in [1.807, 2.05) is 12.1 Å². The summed E-state index contributed by atoms with van der Waals surface area (Å²) >= 11 is 0. The van der Waals surface area contributed by atoms with Gasteiger partial charge in [0, 0.05) is 33.0 Å². The molecule has 2 aromatic rings. The summed E-state index contributed by atoms with van der Waals surface area (Å²) in [6, 6.07) is 5.55. The number of nitrogens with zero attached hydrogens (tertiary/aromatic N) is 3. The van der Waals surface area contributed by atoms with Crippen LogP contribution in [0.5, 0.6) is 0 Å². The number of hydrogen-bond acceptors (Lipinski definition) is 7. The molecule has 1 aromatic carbocycles. The van der Waals surface area contributed by atoms with E-state index in [9.17, 15) is 9.90 Å². The number of aromatic nitrogens is 2. The van der Waals surface area contributed by atoms with Crippen LogP contribution >= 0.6 is 0 Å². The average Bonchev–Trinajstić information content (AvgIpc) is 3.09. The van der Waals surface area contributed by atoms with E-state index in [4.69, 9.17) is 9.37 Å². The molecule has 1 spiro atoms. The minimum absolute atomic E-state index is 0.147. The number of carbonyl (C=O) groups excluding carboxylic acids is 1. The predicted octanol–water partition coefficient (Wildman–Crippen LogP) is 1.23. The van der Waals surface area contributed by atoms with Crippen LogP contribution in [0.4, 0.5) is 0 Å². The van der Waals surface area contributed by atoms with Crippen LogP contribution in [0.15, 0.2) is 22.8 Å². The van der Waals surface area contributed by atoms with Gasteiger partial charge in [-0.1, -0.05) is 12.1 Å². The van der Waals surface area contributed by atoms with Gasteiger partial charge < -0.3 is 15.2 Å². The lowest BCUT2D eigenvalue weighted by Crippen LogP contribution is -2.63. The maximum atomic E-state index is 11.4. The third-order valence-corrected chi connectivity index (χ3v) is 5.90. The minimum atomic E-state index is -0.968. The maximum Gasteiger partial charge on any atom is 0.217 e. The van der Waals surface area contributed by atoms with Gasteiger partial charge in [0.25, 0.3) is 0 Å². The Morgan fingerprint density at radius 2 is 2.15 bits per heavy atom. The Kier molecular flexibility index (Phi) is 4.65. The van der Waals surface area contributed by atoms with Gasteiger partial charge >= 0.3 is 0 Å². The molecule has 2 saturated heterocycles. The number of amides is 1. The largest absolute Gasteiger partial charge is 0.388 e. The molecule has 0 bridgehead atoms. The van der Waals surface area contributed by atoms with Crippen LogP contribution in [-0.2, 0) is 16.1 Å². The number of fused-ring (bicyclic) bond motifs is 1. The molecule has 0 radical (unpaired) electrons. The number of benzene rings is 1. The summed E-state index contributed by atoms with van der Waals surface area (Å²) in [5, 5.41) is 21.6. The van der Waals surface area contributed by atoms with E-state index in [0.717, 1.165) is 49.1 Å². The van der Waals surface area contributed by atoms with Crippen molar-refractivity contribution in [3.05, 3.63) is 23.8 Å². The molecule has 0 aliphatic carbocycles. The second-order valence-corrected chi connectivity index (χ2v) is 8.11. The van der Waals surface area contributed by atoms with E-state index in [0.29, 0.717) is 13.0 Å². The van der Waals surface area contributed by atoms with Gasteiger partial charge in [-0.3, -0.25) is 9.69 Å². The molecule has 3 heterocycles. The number of hydrogen-bond donors (Lipinski definition) is 2. The Morgan fingerprint density at radius 1 is 1.37 bits per heavy atom. The Labute approximate surface area is 157 Å². The van der Waals surface area contributed by atoms with Gasteiger partial charge in [0.2, 0.25) is 5.91 Å². The van der Waals surface area contributed by atoms with E-state index in [2.05, 4.69) is 26.6 Å². The van der Waals surface area contributed by atoms with Crippen LogP contribution in [0.2, 0.25) is 0 Å². The minimum Gasteiger partial charge on any atom is -0.388 e. The number of aliphatic hydroxyl groups is 1. The molecule has 0 saturated carbocycles. The third kappa shape index (κ3) is 3.69. The average molecular weight is 374 g/mol. The van der Waals surface area contributed by atoms with Crippen LogP contribution in [-0.4, -0.2) is 63.2 Å². The van der Waals surface area contributed by atoms with Gasteiger partial charge in [-0.25, -0.2) is 4.63 Å². The number of likely N-dealkylation sites (tertiary alicyclic amines) is 1. The zero-order valence-corrected chi connectivity index (χ0v) is 15.8. The molecule has 146 valence electrons. The molecule has 1 amide bonds. The molecule has 27 heavy (non-hydrogen) atoms. The van der Waals surface area contributed by atoms with Gasteiger partial charge in [0.1, 0.15) is 11.0 Å².